The summed E-state index contributed by atoms with van der Waals surface area (Å²) in [7, 11) is 1.60. The van der Waals surface area contributed by atoms with Gasteiger partial charge in [-0.05, 0) is 13.3 Å². The molecule has 15 heavy (non-hydrogen) atoms. The molecule has 0 saturated carbocycles. The molecular weight excluding hydrogens is 192 g/mol. The highest BCUT2D eigenvalue weighted by Gasteiger charge is 2.15. The number of hydrogen-bond donors (Lipinski definition) is 1. The van der Waals surface area contributed by atoms with E-state index in [1.807, 2.05) is 6.92 Å². The summed E-state index contributed by atoms with van der Waals surface area (Å²) in [5.41, 5.74) is 0. The zero-order chi connectivity index (χ0) is 11.5. The van der Waals surface area contributed by atoms with Crippen molar-refractivity contribution in [2.75, 3.05) is 20.3 Å². The first-order chi connectivity index (χ1) is 7.26. The first-order valence-corrected chi connectivity index (χ1v) is 6.01. The smallest absolute Gasteiger partial charge is 0.106 e. The SMILES string of the molecule is CCCCCCCOC(C)C(CO)OC. The molecule has 2 atom stereocenters. The minimum absolute atomic E-state index is 0.0213. The highest BCUT2D eigenvalue weighted by atomic mass is 16.5. The van der Waals surface area contributed by atoms with Crippen LogP contribution in [0.5, 0.6) is 0 Å². The van der Waals surface area contributed by atoms with Crippen molar-refractivity contribution in [3.8, 4) is 0 Å². The normalized spacial score (nSPS) is 15.2. The van der Waals surface area contributed by atoms with Gasteiger partial charge in [0.15, 0.2) is 0 Å². The Kier molecular flexibility index (Phi) is 10.3. The first kappa shape index (κ1) is 14.9. The number of ether oxygens (including phenoxy) is 2. The van der Waals surface area contributed by atoms with E-state index in [1.54, 1.807) is 7.11 Å². The van der Waals surface area contributed by atoms with Gasteiger partial charge < -0.3 is 14.6 Å². The number of hydrogen-bond acceptors (Lipinski definition) is 3. The molecule has 0 aromatic carbocycles. The predicted octanol–water partition coefficient (Wildman–Crippen LogP) is 2.37. The lowest BCUT2D eigenvalue weighted by atomic mass is 10.2. The zero-order valence-electron chi connectivity index (χ0n) is 10.4. The molecule has 1 N–H and O–H groups in total. The first-order valence-electron chi connectivity index (χ1n) is 6.01. The van der Waals surface area contributed by atoms with Gasteiger partial charge in [-0.1, -0.05) is 32.6 Å². The molecule has 0 fully saturated rings. The van der Waals surface area contributed by atoms with Crippen molar-refractivity contribution >= 4 is 0 Å². The number of unbranched alkanes of at least 4 members (excludes halogenated alkanes) is 4. The third-order valence-corrected chi connectivity index (χ3v) is 2.63. The molecule has 2 unspecified atom stereocenters. The van der Waals surface area contributed by atoms with Crippen LogP contribution in [0.2, 0.25) is 0 Å². The lowest BCUT2D eigenvalue weighted by molar-refractivity contribution is -0.0685. The number of methoxy groups -OCH3 is 1. The van der Waals surface area contributed by atoms with Gasteiger partial charge in [0.1, 0.15) is 6.10 Å². The molecule has 0 heterocycles. The minimum atomic E-state index is -0.194. The molecule has 0 aliphatic carbocycles. The average Bonchev–Trinajstić information content (AvgIpc) is 2.25. The second-order valence-corrected chi connectivity index (χ2v) is 3.95. The van der Waals surface area contributed by atoms with Crippen molar-refractivity contribution in [1.82, 2.24) is 0 Å². The number of rotatable bonds is 10. The van der Waals surface area contributed by atoms with Crippen LogP contribution < -0.4 is 0 Å². The Morgan fingerprint density at radius 3 is 2.33 bits per heavy atom. The van der Waals surface area contributed by atoms with Crippen LogP contribution in [-0.2, 0) is 9.47 Å². The number of aliphatic hydroxyl groups is 1. The summed E-state index contributed by atoms with van der Waals surface area (Å²) in [6.07, 6.45) is 6.00. The molecule has 0 aliphatic rings. The van der Waals surface area contributed by atoms with Crippen LogP contribution in [0.4, 0.5) is 0 Å². The van der Waals surface area contributed by atoms with E-state index in [9.17, 15) is 0 Å². The van der Waals surface area contributed by atoms with Crippen molar-refractivity contribution in [2.24, 2.45) is 0 Å². The summed E-state index contributed by atoms with van der Waals surface area (Å²) in [6, 6.07) is 0. The van der Waals surface area contributed by atoms with Gasteiger partial charge in [0.05, 0.1) is 12.7 Å². The molecule has 0 aromatic rings. The molecule has 0 saturated heterocycles. The van der Waals surface area contributed by atoms with Gasteiger partial charge in [0.2, 0.25) is 0 Å². The molecule has 3 heteroatoms. The van der Waals surface area contributed by atoms with Crippen molar-refractivity contribution in [2.45, 2.75) is 58.2 Å². The van der Waals surface area contributed by atoms with Crippen LogP contribution in [0, 0.1) is 0 Å². The van der Waals surface area contributed by atoms with Crippen molar-refractivity contribution in [3.63, 3.8) is 0 Å². The van der Waals surface area contributed by atoms with Crippen LogP contribution in [0.15, 0.2) is 0 Å². The molecule has 0 aromatic heterocycles. The fourth-order valence-corrected chi connectivity index (χ4v) is 1.50. The lowest BCUT2D eigenvalue weighted by Gasteiger charge is -2.20. The fourth-order valence-electron chi connectivity index (χ4n) is 1.50. The summed E-state index contributed by atoms with van der Waals surface area (Å²) in [5, 5.41) is 8.96. The largest absolute Gasteiger partial charge is 0.394 e. The van der Waals surface area contributed by atoms with Gasteiger partial charge >= 0.3 is 0 Å². The predicted molar refractivity (Wildman–Crippen MR) is 62.1 cm³/mol. The standard InChI is InChI=1S/C12H26O3/c1-4-5-6-7-8-9-15-11(2)12(10-13)14-3/h11-13H,4-10H2,1-3H3. The van der Waals surface area contributed by atoms with E-state index >= 15 is 0 Å². The van der Waals surface area contributed by atoms with Gasteiger partial charge in [-0.25, -0.2) is 0 Å². The molecule has 0 radical (unpaired) electrons. The van der Waals surface area contributed by atoms with Crippen LogP contribution in [0.3, 0.4) is 0 Å². The van der Waals surface area contributed by atoms with Crippen molar-refractivity contribution in [3.05, 3.63) is 0 Å². The second kappa shape index (κ2) is 10.4. The molecule has 0 rings (SSSR count). The van der Waals surface area contributed by atoms with Crippen LogP contribution in [-0.4, -0.2) is 37.6 Å². The van der Waals surface area contributed by atoms with E-state index in [0.29, 0.717) is 0 Å². The molecule has 3 nitrogen and oxygen atoms in total. The highest BCUT2D eigenvalue weighted by molar-refractivity contribution is 4.63. The number of aliphatic hydroxyl groups excluding tert-OH is 1. The summed E-state index contributed by atoms with van der Waals surface area (Å²) >= 11 is 0. The Morgan fingerprint density at radius 2 is 1.80 bits per heavy atom. The van der Waals surface area contributed by atoms with E-state index in [-0.39, 0.29) is 18.8 Å². The van der Waals surface area contributed by atoms with Crippen molar-refractivity contribution in [1.29, 1.82) is 0 Å². The highest BCUT2D eigenvalue weighted by Crippen LogP contribution is 2.06. The third kappa shape index (κ3) is 7.77. The maximum absolute atomic E-state index is 8.96. The molecule has 0 amide bonds. The summed E-state index contributed by atoms with van der Waals surface area (Å²) < 4.78 is 10.7. The molecule has 0 bridgehead atoms. The van der Waals surface area contributed by atoms with Crippen LogP contribution >= 0.6 is 0 Å². The summed E-state index contributed by atoms with van der Waals surface area (Å²) in [5.74, 6) is 0. The Bertz CT molecular complexity index is 124. The summed E-state index contributed by atoms with van der Waals surface area (Å²) in [4.78, 5) is 0. The van der Waals surface area contributed by atoms with E-state index < -0.39 is 0 Å². The molecular formula is C12H26O3. The van der Waals surface area contributed by atoms with Crippen LogP contribution in [0.25, 0.3) is 0 Å². The maximum Gasteiger partial charge on any atom is 0.106 e. The van der Waals surface area contributed by atoms with Gasteiger partial charge in [0.25, 0.3) is 0 Å². The van der Waals surface area contributed by atoms with Crippen molar-refractivity contribution < 1.29 is 14.6 Å². The Morgan fingerprint density at radius 1 is 1.13 bits per heavy atom. The van der Waals surface area contributed by atoms with Gasteiger partial charge in [-0.2, -0.15) is 0 Å². The summed E-state index contributed by atoms with van der Waals surface area (Å²) in [6.45, 7) is 4.94. The molecule has 0 spiro atoms. The van der Waals surface area contributed by atoms with E-state index in [2.05, 4.69) is 6.92 Å². The lowest BCUT2D eigenvalue weighted by Crippen LogP contribution is -2.31. The van der Waals surface area contributed by atoms with E-state index in [1.165, 1.54) is 25.7 Å². The molecule has 92 valence electrons. The van der Waals surface area contributed by atoms with E-state index in [0.717, 1.165) is 13.0 Å². The van der Waals surface area contributed by atoms with Crippen LogP contribution in [0.1, 0.15) is 46.0 Å². The van der Waals surface area contributed by atoms with Gasteiger partial charge in [0, 0.05) is 13.7 Å². The maximum atomic E-state index is 8.96. The van der Waals surface area contributed by atoms with Gasteiger partial charge in [-0.15, -0.1) is 0 Å². The molecule has 0 aliphatic heterocycles. The minimum Gasteiger partial charge on any atom is -0.394 e. The Balaban J connectivity index is 3.33. The second-order valence-electron chi connectivity index (χ2n) is 3.95. The van der Waals surface area contributed by atoms with E-state index in [4.69, 9.17) is 14.6 Å². The topological polar surface area (TPSA) is 38.7 Å². The average molecular weight is 218 g/mol. The zero-order valence-corrected chi connectivity index (χ0v) is 10.4. The third-order valence-electron chi connectivity index (χ3n) is 2.63. The Labute approximate surface area is 93.8 Å². The monoisotopic (exact) mass is 218 g/mol. The quantitative estimate of drug-likeness (QED) is 0.572. The van der Waals surface area contributed by atoms with Gasteiger partial charge in [-0.3, -0.25) is 0 Å². The Hall–Kier alpha value is -0.120. The fraction of sp³-hybridized carbons (Fsp3) is 1.00.